The fraction of sp³-hybridized carbons (Fsp3) is 0.200. The molecule has 0 spiro atoms. The minimum atomic E-state index is -0.933. The maximum atomic E-state index is 10.2. The van der Waals surface area contributed by atoms with Gasteiger partial charge in [0, 0.05) is 24.1 Å². The van der Waals surface area contributed by atoms with Crippen LogP contribution >= 0.6 is 0 Å². The molecule has 0 aromatic heterocycles. The fourth-order valence-electron chi connectivity index (χ4n) is 2.47. The highest BCUT2D eigenvalue weighted by atomic mass is 16.5. The molecule has 0 saturated heterocycles. The molecule has 0 radical (unpaired) electrons. The van der Waals surface area contributed by atoms with Gasteiger partial charge in [-0.3, -0.25) is 0 Å². The molecule has 0 bridgehead atoms. The van der Waals surface area contributed by atoms with Crippen molar-refractivity contribution in [3.05, 3.63) is 41.5 Å². The third kappa shape index (κ3) is 3.24. The molecule has 0 saturated carbocycles. The van der Waals surface area contributed by atoms with Gasteiger partial charge in [0.05, 0.1) is 6.10 Å². The molecule has 126 valence electrons. The van der Waals surface area contributed by atoms with Gasteiger partial charge < -0.3 is 41.2 Å². The van der Waals surface area contributed by atoms with Crippen molar-refractivity contribution in [1.29, 1.82) is 0 Å². The van der Waals surface area contributed by atoms with Crippen LogP contribution in [0.1, 0.15) is 17.2 Å². The number of ether oxygens (including phenoxy) is 1. The van der Waals surface area contributed by atoms with E-state index in [0.29, 0.717) is 11.1 Å². The van der Waals surface area contributed by atoms with Gasteiger partial charge >= 0.3 is 0 Å². The highest BCUT2D eigenvalue weighted by Crippen LogP contribution is 2.42. The predicted molar refractivity (Wildman–Crippen MR) is 79.9 cm³/mol. The van der Waals surface area contributed by atoms with Crippen molar-refractivity contribution < 1.29 is 41.2 Å². The Labute approximate surface area is 131 Å². The largest absolute Gasteiger partial charge is 0.508 e. The van der Waals surface area contributed by atoms with E-state index in [0.717, 1.165) is 0 Å². The van der Waals surface area contributed by atoms with E-state index in [2.05, 4.69) is 0 Å². The first-order valence-electron chi connectivity index (χ1n) is 6.37. The Morgan fingerprint density at radius 3 is 2.22 bits per heavy atom. The van der Waals surface area contributed by atoms with Crippen LogP contribution in [0, 0.1) is 0 Å². The van der Waals surface area contributed by atoms with Gasteiger partial charge in [-0.1, -0.05) is 6.07 Å². The topological polar surface area (TPSA) is 173 Å². The number of aliphatic hydroxyl groups is 1. The Balaban J connectivity index is 0.00000132. The summed E-state index contributed by atoms with van der Waals surface area (Å²) in [5.41, 5.74) is 0.894. The van der Waals surface area contributed by atoms with Gasteiger partial charge in [0.2, 0.25) is 0 Å². The van der Waals surface area contributed by atoms with Gasteiger partial charge in [-0.15, -0.1) is 0 Å². The molecule has 0 unspecified atom stereocenters. The molecule has 0 amide bonds. The van der Waals surface area contributed by atoms with Crippen LogP contribution in [0.5, 0.6) is 28.7 Å². The van der Waals surface area contributed by atoms with E-state index in [9.17, 15) is 25.5 Å². The van der Waals surface area contributed by atoms with E-state index < -0.39 is 12.2 Å². The Kier molecular flexibility index (Phi) is 5.28. The standard InChI is InChI=1S/C15H14O6.2H2O/c16-8-4-11(18)9-6-13(20)15(21-14(9)5-8)7-1-2-10(17)12(19)3-7;;/h1-5,13,15-20H,6H2;2*1H2/t13-,15+;;/m0../s1. The molecule has 3 rings (SSSR count). The van der Waals surface area contributed by atoms with Crippen LogP contribution < -0.4 is 4.74 Å². The Hall–Kier alpha value is -2.68. The zero-order chi connectivity index (χ0) is 15.1. The highest BCUT2D eigenvalue weighted by Gasteiger charge is 2.32. The zero-order valence-electron chi connectivity index (χ0n) is 11.9. The van der Waals surface area contributed by atoms with Crippen molar-refractivity contribution in [2.75, 3.05) is 0 Å². The summed E-state index contributed by atoms with van der Waals surface area (Å²) in [5.74, 6) is -0.589. The summed E-state index contributed by atoms with van der Waals surface area (Å²) in [6.45, 7) is 0. The lowest BCUT2D eigenvalue weighted by Gasteiger charge is -2.31. The quantitative estimate of drug-likeness (QED) is 0.457. The van der Waals surface area contributed by atoms with Crippen molar-refractivity contribution in [2.24, 2.45) is 0 Å². The molecule has 0 fully saturated rings. The summed E-state index contributed by atoms with van der Waals surface area (Å²) in [6.07, 6.45) is -1.56. The third-order valence-electron chi connectivity index (χ3n) is 3.51. The Morgan fingerprint density at radius 2 is 1.57 bits per heavy atom. The second-order valence-corrected chi connectivity index (χ2v) is 5.00. The van der Waals surface area contributed by atoms with Crippen molar-refractivity contribution >= 4 is 0 Å². The summed E-state index contributed by atoms with van der Waals surface area (Å²) < 4.78 is 5.62. The monoisotopic (exact) mass is 326 g/mol. The zero-order valence-corrected chi connectivity index (χ0v) is 11.9. The second-order valence-electron chi connectivity index (χ2n) is 5.00. The molecular formula is C15H18O8. The number of fused-ring (bicyclic) bond motifs is 1. The molecule has 8 nitrogen and oxygen atoms in total. The first-order valence-corrected chi connectivity index (χ1v) is 6.37. The number of phenols is 4. The first kappa shape index (κ1) is 18.4. The maximum absolute atomic E-state index is 10.2. The van der Waals surface area contributed by atoms with E-state index >= 15 is 0 Å². The summed E-state index contributed by atoms with van der Waals surface area (Å²) in [6, 6.07) is 6.67. The Bertz CT molecular complexity index is 700. The number of aromatic hydroxyl groups is 4. The number of hydrogen-bond acceptors (Lipinski definition) is 6. The summed E-state index contributed by atoms with van der Waals surface area (Å²) in [7, 11) is 0. The smallest absolute Gasteiger partial charge is 0.157 e. The minimum absolute atomic E-state index is 0. The fourth-order valence-corrected chi connectivity index (χ4v) is 2.47. The van der Waals surface area contributed by atoms with Gasteiger partial charge in [0.1, 0.15) is 23.4 Å². The van der Waals surface area contributed by atoms with Crippen LogP contribution in [0.15, 0.2) is 30.3 Å². The van der Waals surface area contributed by atoms with Crippen molar-refractivity contribution in [1.82, 2.24) is 0 Å². The van der Waals surface area contributed by atoms with E-state index in [1.54, 1.807) is 0 Å². The summed E-state index contributed by atoms with van der Waals surface area (Å²) in [5, 5.41) is 48.3. The normalized spacial score (nSPS) is 18.8. The number of rotatable bonds is 1. The van der Waals surface area contributed by atoms with Gasteiger partial charge in [-0.25, -0.2) is 0 Å². The minimum Gasteiger partial charge on any atom is -0.508 e. The van der Waals surface area contributed by atoms with Crippen LogP contribution in [0.2, 0.25) is 0 Å². The van der Waals surface area contributed by atoms with E-state index in [4.69, 9.17) is 4.74 Å². The molecule has 1 heterocycles. The number of hydrogen-bond donors (Lipinski definition) is 5. The van der Waals surface area contributed by atoms with Gasteiger partial charge in [-0.05, 0) is 17.7 Å². The summed E-state index contributed by atoms with van der Waals surface area (Å²) >= 11 is 0. The van der Waals surface area contributed by atoms with E-state index in [1.165, 1.54) is 30.3 Å². The SMILES string of the molecule is O.O.Oc1cc(O)c2c(c1)O[C@H](c1ccc(O)c(O)c1)[C@@H](O)C2. The predicted octanol–water partition coefficient (Wildman–Crippen LogP) is -0.103. The highest BCUT2D eigenvalue weighted by molar-refractivity contribution is 5.52. The number of phenolic OH excluding ortho intramolecular Hbond substituents is 4. The molecule has 8 heteroatoms. The average molecular weight is 326 g/mol. The molecule has 1 aliphatic rings. The molecule has 2 atom stereocenters. The molecule has 23 heavy (non-hydrogen) atoms. The molecule has 2 aromatic rings. The van der Waals surface area contributed by atoms with Gasteiger partial charge in [-0.2, -0.15) is 0 Å². The van der Waals surface area contributed by atoms with E-state index in [-0.39, 0.29) is 46.1 Å². The van der Waals surface area contributed by atoms with Crippen LogP contribution in [-0.4, -0.2) is 42.6 Å². The van der Waals surface area contributed by atoms with Crippen LogP contribution in [0.25, 0.3) is 0 Å². The van der Waals surface area contributed by atoms with Crippen molar-refractivity contribution in [3.63, 3.8) is 0 Å². The number of benzene rings is 2. The van der Waals surface area contributed by atoms with Crippen molar-refractivity contribution in [3.8, 4) is 28.7 Å². The third-order valence-corrected chi connectivity index (χ3v) is 3.51. The van der Waals surface area contributed by atoms with E-state index in [1.807, 2.05) is 0 Å². The number of aliphatic hydroxyl groups excluding tert-OH is 1. The van der Waals surface area contributed by atoms with Crippen LogP contribution in [-0.2, 0) is 6.42 Å². The first-order chi connectivity index (χ1) is 9.95. The molecule has 2 aromatic carbocycles. The molecule has 9 N–H and O–H groups in total. The maximum Gasteiger partial charge on any atom is 0.157 e. The van der Waals surface area contributed by atoms with Crippen molar-refractivity contribution in [2.45, 2.75) is 18.6 Å². The second kappa shape index (κ2) is 6.61. The van der Waals surface area contributed by atoms with Gasteiger partial charge in [0.25, 0.3) is 0 Å². The average Bonchev–Trinajstić information content (AvgIpc) is 2.42. The van der Waals surface area contributed by atoms with Crippen LogP contribution in [0.3, 0.4) is 0 Å². The molecule has 0 aliphatic carbocycles. The Morgan fingerprint density at radius 1 is 0.870 bits per heavy atom. The molecule has 1 aliphatic heterocycles. The summed E-state index contributed by atoms with van der Waals surface area (Å²) in [4.78, 5) is 0. The molecular weight excluding hydrogens is 308 g/mol. The van der Waals surface area contributed by atoms with Crippen LogP contribution in [0.4, 0.5) is 0 Å². The lowest BCUT2D eigenvalue weighted by molar-refractivity contribution is 0.0197. The van der Waals surface area contributed by atoms with Gasteiger partial charge in [0.15, 0.2) is 11.5 Å². The lowest BCUT2D eigenvalue weighted by Crippen LogP contribution is -2.30. The lowest BCUT2D eigenvalue weighted by atomic mass is 9.94.